The Morgan fingerprint density at radius 3 is 2.57 bits per heavy atom. The third-order valence-corrected chi connectivity index (χ3v) is 7.20. The fourth-order valence-corrected chi connectivity index (χ4v) is 5.31. The maximum Gasteiger partial charge on any atom is 0.337 e. The van der Waals surface area contributed by atoms with E-state index in [-0.39, 0.29) is 17.8 Å². The van der Waals surface area contributed by atoms with Crippen molar-refractivity contribution in [2.75, 3.05) is 25.1 Å². The van der Waals surface area contributed by atoms with Gasteiger partial charge < -0.3 is 18.6 Å². The first-order chi connectivity index (χ1) is 18.2. The van der Waals surface area contributed by atoms with Gasteiger partial charge in [-0.25, -0.2) is 9.78 Å². The standard InChI is InChI=1S/C30H28N4O3/c1-36-29(35)23-13-11-21(12-14-23)19-33-18-16-31-28(33)24-15-17-34(20-25(24)22-7-3-2-4-8-22)30-32-26-9-5-6-10-27(26)37-30/h2-14,16,18,24-25H,15,17,19-20H2,1H3. The summed E-state index contributed by atoms with van der Waals surface area (Å²) in [5.74, 6) is 1.22. The van der Waals surface area contributed by atoms with Crippen molar-refractivity contribution in [3.05, 3.63) is 114 Å². The topological polar surface area (TPSA) is 73.4 Å². The molecule has 0 saturated carbocycles. The lowest BCUT2D eigenvalue weighted by molar-refractivity contribution is 0.0600. The lowest BCUT2D eigenvalue weighted by Gasteiger charge is -2.38. The zero-order chi connectivity index (χ0) is 25.2. The van der Waals surface area contributed by atoms with E-state index in [1.807, 2.05) is 60.9 Å². The van der Waals surface area contributed by atoms with Crippen LogP contribution in [0.2, 0.25) is 0 Å². The number of nitrogens with zero attached hydrogens (tertiary/aromatic N) is 4. The Bertz CT molecular complexity index is 1470. The molecule has 7 nitrogen and oxygen atoms in total. The zero-order valence-corrected chi connectivity index (χ0v) is 20.7. The van der Waals surface area contributed by atoms with Crippen molar-refractivity contribution in [3.63, 3.8) is 0 Å². The van der Waals surface area contributed by atoms with E-state index >= 15 is 0 Å². The maximum absolute atomic E-state index is 11.8. The summed E-state index contributed by atoms with van der Waals surface area (Å²) in [6, 6.07) is 26.8. The van der Waals surface area contributed by atoms with Gasteiger partial charge in [-0.15, -0.1) is 0 Å². The minimum atomic E-state index is -0.328. The summed E-state index contributed by atoms with van der Waals surface area (Å²) in [7, 11) is 1.40. The Balaban J connectivity index is 1.28. The number of fused-ring (bicyclic) bond motifs is 1. The van der Waals surface area contributed by atoms with Crippen molar-refractivity contribution in [2.45, 2.75) is 24.8 Å². The Morgan fingerprint density at radius 2 is 1.78 bits per heavy atom. The number of hydrogen-bond acceptors (Lipinski definition) is 6. The van der Waals surface area contributed by atoms with E-state index in [4.69, 9.17) is 19.1 Å². The van der Waals surface area contributed by atoms with Crippen LogP contribution in [0.1, 0.15) is 45.6 Å². The van der Waals surface area contributed by atoms with Gasteiger partial charge >= 0.3 is 5.97 Å². The Kier molecular flexibility index (Phi) is 6.18. The van der Waals surface area contributed by atoms with Gasteiger partial charge in [0.15, 0.2) is 5.58 Å². The number of benzene rings is 3. The van der Waals surface area contributed by atoms with Crippen molar-refractivity contribution in [1.82, 2.24) is 14.5 Å². The van der Waals surface area contributed by atoms with Crippen molar-refractivity contribution in [3.8, 4) is 0 Å². The van der Waals surface area contributed by atoms with Crippen LogP contribution in [0.5, 0.6) is 0 Å². The average molecular weight is 493 g/mol. The van der Waals surface area contributed by atoms with Crippen LogP contribution in [0.4, 0.5) is 6.01 Å². The van der Waals surface area contributed by atoms with E-state index in [1.165, 1.54) is 12.7 Å². The van der Waals surface area contributed by atoms with Crippen LogP contribution in [-0.2, 0) is 11.3 Å². The van der Waals surface area contributed by atoms with Gasteiger partial charge in [-0.2, -0.15) is 4.98 Å². The second-order valence-electron chi connectivity index (χ2n) is 9.42. The second-order valence-corrected chi connectivity index (χ2v) is 9.42. The molecule has 0 N–H and O–H groups in total. The van der Waals surface area contributed by atoms with Crippen LogP contribution in [0.3, 0.4) is 0 Å². The highest BCUT2D eigenvalue weighted by molar-refractivity contribution is 5.89. The molecule has 1 fully saturated rings. The smallest absolute Gasteiger partial charge is 0.337 e. The number of ether oxygens (including phenoxy) is 1. The number of para-hydroxylation sites is 2. The van der Waals surface area contributed by atoms with Crippen molar-refractivity contribution in [1.29, 1.82) is 0 Å². The number of rotatable bonds is 6. The number of hydrogen-bond donors (Lipinski definition) is 0. The number of carbonyl (C=O) groups is 1. The summed E-state index contributed by atoms with van der Waals surface area (Å²) >= 11 is 0. The van der Waals surface area contributed by atoms with Gasteiger partial charge in [0.1, 0.15) is 11.3 Å². The third kappa shape index (κ3) is 4.60. The maximum atomic E-state index is 11.8. The Hall–Kier alpha value is -4.39. The predicted octanol–water partition coefficient (Wildman–Crippen LogP) is 5.64. The molecule has 0 amide bonds. The van der Waals surface area contributed by atoms with Crippen molar-refractivity contribution in [2.24, 2.45) is 0 Å². The van der Waals surface area contributed by atoms with Gasteiger partial charge in [0, 0.05) is 43.9 Å². The normalized spacial score (nSPS) is 17.7. The fraction of sp³-hybridized carbons (Fsp3) is 0.233. The third-order valence-electron chi connectivity index (χ3n) is 7.20. The van der Waals surface area contributed by atoms with Gasteiger partial charge in [0.05, 0.1) is 12.7 Å². The molecular formula is C30H28N4O3. The number of anilines is 1. The molecule has 5 aromatic rings. The van der Waals surface area contributed by atoms with Crippen LogP contribution in [-0.4, -0.2) is 40.7 Å². The number of carbonyl (C=O) groups excluding carboxylic acids is 1. The van der Waals surface area contributed by atoms with E-state index in [2.05, 4.69) is 39.8 Å². The number of piperidine rings is 1. The SMILES string of the molecule is COC(=O)c1ccc(Cn2ccnc2C2CCN(c3nc4ccccc4o3)CC2c2ccccc2)cc1. The van der Waals surface area contributed by atoms with Gasteiger partial charge in [-0.1, -0.05) is 54.6 Å². The van der Waals surface area contributed by atoms with E-state index in [9.17, 15) is 4.79 Å². The average Bonchev–Trinajstić information content (AvgIpc) is 3.60. The molecule has 6 rings (SSSR count). The number of esters is 1. The molecule has 2 aromatic heterocycles. The van der Waals surface area contributed by atoms with E-state index < -0.39 is 0 Å². The Labute approximate surface area is 215 Å². The minimum Gasteiger partial charge on any atom is -0.465 e. The first-order valence-corrected chi connectivity index (χ1v) is 12.5. The Morgan fingerprint density at radius 1 is 1.00 bits per heavy atom. The fourth-order valence-electron chi connectivity index (χ4n) is 5.31. The number of imidazole rings is 1. The van der Waals surface area contributed by atoms with Crippen LogP contribution >= 0.6 is 0 Å². The highest BCUT2D eigenvalue weighted by atomic mass is 16.5. The molecule has 3 aromatic carbocycles. The molecule has 1 saturated heterocycles. The molecule has 1 aliphatic rings. The molecule has 2 unspecified atom stereocenters. The second kappa shape index (κ2) is 9.93. The van der Waals surface area contributed by atoms with Crippen LogP contribution in [0, 0.1) is 0 Å². The summed E-state index contributed by atoms with van der Waals surface area (Å²) < 4.78 is 13.2. The predicted molar refractivity (Wildman–Crippen MR) is 142 cm³/mol. The number of oxazole rings is 1. The molecule has 1 aliphatic heterocycles. The van der Waals surface area contributed by atoms with Gasteiger partial charge in [0.2, 0.25) is 0 Å². The lowest BCUT2D eigenvalue weighted by Crippen LogP contribution is -2.39. The van der Waals surface area contributed by atoms with Crippen molar-refractivity contribution < 1.29 is 13.9 Å². The molecule has 37 heavy (non-hydrogen) atoms. The summed E-state index contributed by atoms with van der Waals surface area (Å²) in [6.45, 7) is 2.31. The number of methoxy groups -OCH3 is 1. The van der Waals surface area contributed by atoms with Gasteiger partial charge in [-0.05, 0) is 41.8 Å². The van der Waals surface area contributed by atoms with Gasteiger partial charge in [0.25, 0.3) is 6.01 Å². The van der Waals surface area contributed by atoms with Crippen molar-refractivity contribution >= 4 is 23.1 Å². The first-order valence-electron chi connectivity index (χ1n) is 12.5. The first kappa shape index (κ1) is 23.0. The summed E-state index contributed by atoms with van der Waals surface area (Å²) in [4.78, 5) is 23.6. The van der Waals surface area contributed by atoms with Crippen LogP contribution in [0.25, 0.3) is 11.1 Å². The molecule has 2 atom stereocenters. The molecule has 0 bridgehead atoms. The lowest BCUT2D eigenvalue weighted by atomic mass is 9.80. The summed E-state index contributed by atoms with van der Waals surface area (Å²) in [6.07, 6.45) is 4.85. The summed E-state index contributed by atoms with van der Waals surface area (Å²) in [5.41, 5.74) is 4.62. The molecule has 3 heterocycles. The van der Waals surface area contributed by atoms with E-state index in [0.29, 0.717) is 18.1 Å². The van der Waals surface area contributed by atoms with Crippen LogP contribution in [0.15, 0.2) is 95.7 Å². The highest BCUT2D eigenvalue weighted by Crippen LogP contribution is 2.40. The number of aromatic nitrogens is 3. The monoisotopic (exact) mass is 492 g/mol. The molecule has 0 radical (unpaired) electrons. The van der Waals surface area contributed by atoms with E-state index in [1.54, 1.807) is 0 Å². The quantitative estimate of drug-likeness (QED) is 0.286. The molecule has 7 heteroatoms. The highest BCUT2D eigenvalue weighted by Gasteiger charge is 2.35. The van der Waals surface area contributed by atoms with E-state index in [0.717, 1.165) is 42.0 Å². The zero-order valence-electron chi connectivity index (χ0n) is 20.7. The molecule has 0 spiro atoms. The summed E-state index contributed by atoms with van der Waals surface area (Å²) in [5, 5.41) is 0. The molecule has 0 aliphatic carbocycles. The van der Waals surface area contributed by atoms with Gasteiger partial charge in [-0.3, -0.25) is 0 Å². The minimum absolute atomic E-state index is 0.229. The molecule has 186 valence electrons. The largest absolute Gasteiger partial charge is 0.465 e. The molecular weight excluding hydrogens is 464 g/mol. The van der Waals surface area contributed by atoms with Crippen LogP contribution < -0.4 is 4.90 Å².